The zero-order valence-corrected chi connectivity index (χ0v) is 22.9. The molecule has 2 saturated heterocycles. The molecule has 6 rings (SSSR count). The first-order chi connectivity index (χ1) is 18.4. The van der Waals surface area contributed by atoms with Gasteiger partial charge in [-0.15, -0.1) is 0 Å². The average molecular weight is 520 g/mol. The highest BCUT2D eigenvalue weighted by Gasteiger charge is 2.57. The number of aliphatic hydroxyl groups is 1. The number of anilines is 4. The predicted octanol–water partition coefficient (Wildman–Crippen LogP) is 3.22. The number of nitrogens with zero attached hydrogens (tertiary/aromatic N) is 6. The Bertz CT molecular complexity index is 1160. The first kappa shape index (κ1) is 25.5. The molecule has 2 unspecified atom stereocenters. The summed E-state index contributed by atoms with van der Waals surface area (Å²) >= 11 is 0. The Morgan fingerprint density at radius 2 is 1.76 bits per heavy atom. The van der Waals surface area contributed by atoms with Crippen molar-refractivity contribution in [1.29, 1.82) is 0 Å². The lowest BCUT2D eigenvalue weighted by molar-refractivity contribution is -0.139. The molecule has 2 aromatic rings. The normalized spacial score (nSPS) is 27.1. The number of carbonyl (C=O) groups is 1. The maximum absolute atomic E-state index is 14.0. The average Bonchev–Trinajstić information content (AvgIpc) is 3.55. The van der Waals surface area contributed by atoms with Gasteiger partial charge in [0.2, 0.25) is 11.9 Å². The van der Waals surface area contributed by atoms with E-state index < -0.39 is 11.6 Å². The lowest BCUT2D eigenvalue weighted by Gasteiger charge is -2.44. The Kier molecular flexibility index (Phi) is 6.78. The van der Waals surface area contributed by atoms with Crippen LogP contribution in [0.15, 0.2) is 30.5 Å². The lowest BCUT2D eigenvalue weighted by Crippen LogP contribution is -2.57. The summed E-state index contributed by atoms with van der Waals surface area (Å²) in [6.07, 6.45) is 6.41. The zero-order chi connectivity index (χ0) is 26.4. The maximum atomic E-state index is 14.0. The van der Waals surface area contributed by atoms with Gasteiger partial charge in [0.05, 0.1) is 5.41 Å². The van der Waals surface area contributed by atoms with Crippen LogP contribution in [0, 0.1) is 5.41 Å². The van der Waals surface area contributed by atoms with Crippen molar-refractivity contribution in [2.45, 2.75) is 70.7 Å². The number of aliphatic hydroxyl groups excluding tert-OH is 1. The van der Waals surface area contributed by atoms with Gasteiger partial charge >= 0.3 is 0 Å². The van der Waals surface area contributed by atoms with Crippen LogP contribution in [0.25, 0.3) is 0 Å². The maximum Gasteiger partial charge on any atom is 0.239 e. The number of carbonyl (C=O) groups excluding carboxylic acids is 1. The number of likely N-dealkylation sites (tertiary alicyclic amines) is 1. The van der Waals surface area contributed by atoms with Crippen LogP contribution in [0.4, 0.5) is 23.1 Å². The lowest BCUT2D eigenvalue weighted by atomic mass is 9.75. The van der Waals surface area contributed by atoms with E-state index in [4.69, 9.17) is 4.98 Å². The largest absolute Gasteiger partial charge is 0.377 e. The number of hydrogen-bond donors (Lipinski definition) is 2. The van der Waals surface area contributed by atoms with Crippen LogP contribution in [-0.4, -0.2) is 88.9 Å². The molecule has 3 fully saturated rings. The summed E-state index contributed by atoms with van der Waals surface area (Å²) < 4.78 is 0. The second-order valence-corrected chi connectivity index (χ2v) is 11.9. The first-order valence-electron chi connectivity index (χ1n) is 14.3. The molecule has 1 saturated carbocycles. The molecule has 1 aromatic carbocycles. The fourth-order valence-electron chi connectivity index (χ4n) is 6.87. The van der Waals surface area contributed by atoms with Crippen LogP contribution >= 0.6 is 0 Å². The summed E-state index contributed by atoms with van der Waals surface area (Å²) in [5.74, 6) is 1.24. The van der Waals surface area contributed by atoms with Gasteiger partial charge in [0.25, 0.3) is 0 Å². The molecule has 2 atom stereocenters. The minimum absolute atomic E-state index is 0.0281. The van der Waals surface area contributed by atoms with E-state index in [1.807, 2.05) is 23.0 Å². The van der Waals surface area contributed by atoms with Crippen molar-refractivity contribution >= 4 is 29.0 Å². The molecule has 0 radical (unpaired) electrons. The Labute approximate surface area is 225 Å². The van der Waals surface area contributed by atoms with Crippen molar-refractivity contribution in [3.63, 3.8) is 0 Å². The molecule has 4 aliphatic rings. The highest BCUT2D eigenvalue weighted by molar-refractivity contribution is 6.01. The fourth-order valence-corrected chi connectivity index (χ4v) is 6.87. The molecule has 3 aliphatic heterocycles. The number of hydrogen-bond acceptors (Lipinski definition) is 8. The van der Waals surface area contributed by atoms with Gasteiger partial charge in [-0.25, -0.2) is 4.98 Å². The first-order valence-corrected chi connectivity index (χ1v) is 14.3. The summed E-state index contributed by atoms with van der Waals surface area (Å²) in [6, 6.07) is 9.19. The highest BCUT2D eigenvalue weighted by atomic mass is 16.3. The number of rotatable bonds is 5. The summed E-state index contributed by atoms with van der Waals surface area (Å²) in [4.78, 5) is 32.3. The standard InChI is InChI=1S/C29H41N7O2/c1-20(2)34-14-16-35(17-15-34)23-10-8-22(9-11-23)31-28-30-19-21-18-29(12-13-33(3)26(29)37)27(38)36(25(21)32-28)24-6-4-5-7-24/h8-11,19-20,24,26,37H,4-7,12-18H2,1-3H3,(H,30,31,32). The van der Waals surface area contributed by atoms with Gasteiger partial charge in [0, 0.05) is 67.9 Å². The van der Waals surface area contributed by atoms with E-state index in [2.05, 4.69) is 58.2 Å². The van der Waals surface area contributed by atoms with Gasteiger partial charge < -0.3 is 15.3 Å². The third-order valence-corrected chi connectivity index (χ3v) is 9.27. The Morgan fingerprint density at radius 1 is 1.05 bits per heavy atom. The zero-order valence-electron chi connectivity index (χ0n) is 22.9. The minimum atomic E-state index is -0.806. The number of aromatic nitrogens is 2. The van der Waals surface area contributed by atoms with E-state index in [-0.39, 0.29) is 11.9 Å². The van der Waals surface area contributed by atoms with E-state index in [1.54, 1.807) is 0 Å². The van der Waals surface area contributed by atoms with E-state index in [9.17, 15) is 9.90 Å². The minimum Gasteiger partial charge on any atom is -0.377 e. The van der Waals surface area contributed by atoms with Crippen LogP contribution in [0.1, 0.15) is 51.5 Å². The van der Waals surface area contributed by atoms with Crippen molar-refractivity contribution in [1.82, 2.24) is 19.8 Å². The summed E-state index contributed by atoms with van der Waals surface area (Å²) in [7, 11) is 1.89. The van der Waals surface area contributed by atoms with Crippen molar-refractivity contribution in [3.8, 4) is 0 Å². The highest BCUT2D eigenvalue weighted by Crippen LogP contribution is 2.47. The molecule has 204 valence electrons. The molecular formula is C29H41N7O2. The van der Waals surface area contributed by atoms with Gasteiger partial charge in [0.1, 0.15) is 12.0 Å². The summed E-state index contributed by atoms with van der Waals surface area (Å²) in [5, 5.41) is 14.4. The second-order valence-electron chi connectivity index (χ2n) is 11.9. The molecular weight excluding hydrogens is 478 g/mol. The van der Waals surface area contributed by atoms with Crippen LogP contribution in [0.3, 0.4) is 0 Å². The fraction of sp³-hybridized carbons (Fsp3) is 0.621. The van der Waals surface area contributed by atoms with Crippen LogP contribution < -0.4 is 15.1 Å². The SMILES string of the molecule is CC(C)N1CCN(c2ccc(Nc3ncc4c(n3)N(C3CCCC3)C(=O)C3(CCN(C)C3O)C4)cc2)CC1. The van der Waals surface area contributed by atoms with Gasteiger partial charge in [0.15, 0.2) is 0 Å². The number of nitrogens with one attached hydrogen (secondary N) is 1. The number of benzene rings is 1. The molecule has 0 bridgehead atoms. The monoisotopic (exact) mass is 519 g/mol. The van der Waals surface area contributed by atoms with Crippen molar-refractivity contribution in [2.75, 3.05) is 54.9 Å². The molecule has 1 aliphatic carbocycles. The van der Waals surface area contributed by atoms with Crippen molar-refractivity contribution < 1.29 is 9.90 Å². The molecule has 1 spiro atoms. The molecule has 2 N–H and O–H groups in total. The van der Waals surface area contributed by atoms with Crippen LogP contribution in [0.2, 0.25) is 0 Å². The van der Waals surface area contributed by atoms with Gasteiger partial charge in [-0.2, -0.15) is 4.98 Å². The predicted molar refractivity (Wildman–Crippen MR) is 150 cm³/mol. The van der Waals surface area contributed by atoms with Gasteiger partial charge in [-0.3, -0.25) is 19.5 Å². The number of fused-ring (bicyclic) bond motifs is 1. The second kappa shape index (κ2) is 10.1. The van der Waals surface area contributed by atoms with E-state index >= 15 is 0 Å². The Hall–Kier alpha value is -2.75. The summed E-state index contributed by atoms with van der Waals surface area (Å²) in [5.41, 5.74) is 2.30. The topological polar surface area (TPSA) is 88.1 Å². The molecule has 9 nitrogen and oxygen atoms in total. The molecule has 9 heteroatoms. The smallest absolute Gasteiger partial charge is 0.239 e. The van der Waals surface area contributed by atoms with Crippen molar-refractivity contribution in [2.24, 2.45) is 5.41 Å². The molecule has 38 heavy (non-hydrogen) atoms. The van der Waals surface area contributed by atoms with Crippen LogP contribution in [-0.2, 0) is 11.2 Å². The molecule has 4 heterocycles. The third-order valence-electron chi connectivity index (χ3n) is 9.27. The summed E-state index contributed by atoms with van der Waals surface area (Å²) in [6.45, 7) is 9.49. The number of amides is 1. The Balaban J connectivity index is 1.22. The van der Waals surface area contributed by atoms with E-state index in [1.165, 1.54) is 5.69 Å². The van der Waals surface area contributed by atoms with Crippen LogP contribution in [0.5, 0.6) is 0 Å². The van der Waals surface area contributed by atoms with E-state index in [0.717, 1.165) is 63.1 Å². The van der Waals surface area contributed by atoms with E-state index in [0.29, 0.717) is 37.2 Å². The quantitative estimate of drug-likeness (QED) is 0.623. The van der Waals surface area contributed by atoms with Gasteiger partial charge in [-0.05, 0) is 70.8 Å². The van der Waals surface area contributed by atoms with Crippen molar-refractivity contribution in [3.05, 3.63) is 36.0 Å². The Morgan fingerprint density at radius 3 is 2.39 bits per heavy atom. The number of piperazine rings is 1. The third kappa shape index (κ3) is 4.44. The van der Waals surface area contributed by atoms with Gasteiger partial charge in [-0.1, -0.05) is 12.8 Å². The molecule has 1 amide bonds. The molecule has 1 aromatic heterocycles.